The topological polar surface area (TPSA) is 29.5 Å². The summed E-state index contributed by atoms with van der Waals surface area (Å²) >= 11 is 0. The standard InChI is InChI=1S/C15H10F2O2/c1-2-14(18)10-6-7-13(17)15(8-10)19-12-5-3-4-11(16)9-12/h1,3-9,14,18H. The maximum absolute atomic E-state index is 13.6. The van der Waals surface area contributed by atoms with E-state index >= 15 is 0 Å². The Hall–Kier alpha value is -2.38. The van der Waals surface area contributed by atoms with E-state index in [-0.39, 0.29) is 11.5 Å². The zero-order chi connectivity index (χ0) is 13.8. The first-order chi connectivity index (χ1) is 9.10. The fraction of sp³-hybridized carbons (Fsp3) is 0.0667. The molecule has 2 aromatic carbocycles. The van der Waals surface area contributed by atoms with Gasteiger partial charge in [-0.15, -0.1) is 6.42 Å². The second-order valence-corrected chi connectivity index (χ2v) is 3.82. The highest BCUT2D eigenvalue weighted by Gasteiger charge is 2.10. The van der Waals surface area contributed by atoms with Crippen molar-refractivity contribution in [1.82, 2.24) is 0 Å². The monoisotopic (exact) mass is 260 g/mol. The zero-order valence-electron chi connectivity index (χ0n) is 9.81. The molecule has 4 heteroatoms. The molecule has 1 unspecified atom stereocenters. The number of benzene rings is 2. The van der Waals surface area contributed by atoms with Crippen LogP contribution in [0.2, 0.25) is 0 Å². The van der Waals surface area contributed by atoms with E-state index in [9.17, 15) is 13.9 Å². The van der Waals surface area contributed by atoms with Crippen molar-refractivity contribution in [1.29, 1.82) is 0 Å². The van der Waals surface area contributed by atoms with E-state index in [2.05, 4.69) is 5.92 Å². The molecule has 2 nitrogen and oxygen atoms in total. The van der Waals surface area contributed by atoms with Crippen LogP contribution in [0.3, 0.4) is 0 Å². The molecule has 0 aliphatic rings. The minimum absolute atomic E-state index is 0.127. The molecule has 0 spiro atoms. The van der Waals surface area contributed by atoms with Gasteiger partial charge in [0.15, 0.2) is 11.6 Å². The van der Waals surface area contributed by atoms with Crippen molar-refractivity contribution in [2.75, 3.05) is 0 Å². The van der Waals surface area contributed by atoms with E-state index in [1.54, 1.807) is 0 Å². The normalized spacial score (nSPS) is 11.7. The predicted octanol–water partition coefficient (Wildman–Crippen LogP) is 3.42. The quantitative estimate of drug-likeness (QED) is 0.857. The molecule has 0 aromatic heterocycles. The van der Waals surface area contributed by atoms with Crippen molar-refractivity contribution >= 4 is 0 Å². The van der Waals surface area contributed by atoms with Gasteiger partial charge in [-0.2, -0.15) is 0 Å². The molecule has 96 valence electrons. The number of aliphatic hydroxyl groups is 1. The summed E-state index contributed by atoms with van der Waals surface area (Å²) < 4.78 is 31.8. The second-order valence-electron chi connectivity index (χ2n) is 3.82. The van der Waals surface area contributed by atoms with Gasteiger partial charge in [-0.05, 0) is 29.8 Å². The Morgan fingerprint density at radius 1 is 1.16 bits per heavy atom. The van der Waals surface area contributed by atoms with Crippen molar-refractivity contribution in [3.8, 4) is 23.8 Å². The summed E-state index contributed by atoms with van der Waals surface area (Å²) in [6, 6.07) is 9.09. The van der Waals surface area contributed by atoms with Crippen LogP contribution in [0.1, 0.15) is 11.7 Å². The maximum atomic E-state index is 13.6. The van der Waals surface area contributed by atoms with Crippen LogP contribution in [0.4, 0.5) is 8.78 Å². The molecule has 1 N–H and O–H groups in total. The number of ether oxygens (including phenoxy) is 1. The SMILES string of the molecule is C#CC(O)c1ccc(F)c(Oc2cccc(F)c2)c1. The van der Waals surface area contributed by atoms with E-state index in [4.69, 9.17) is 11.2 Å². The fourth-order valence-electron chi connectivity index (χ4n) is 1.52. The van der Waals surface area contributed by atoms with E-state index in [0.29, 0.717) is 5.56 Å². The highest BCUT2D eigenvalue weighted by Crippen LogP contribution is 2.27. The Balaban J connectivity index is 2.32. The number of aliphatic hydroxyl groups excluding tert-OH is 1. The molecule has 0 fully saturated rings. The lowest BCUT2D eigenvalue weighted by atomic mass is 10.1. The molecule has 0 aliphatic heterocycles. The van der Waals surface area contributed by atoms with Crippen LogP contribution in [0, 0.1) is 24.0 Å². The third-order valence-corrected chi connectivity index (χ3v) is 2.45. The predicted molar refractivity (Wildman–Crippen MR) is 66.7 cm³/mol. The van der Waals surface area contributed by atoms with Crippen molar-refractivity contribution in [3.05, 3.63) is 59.7 Å². The van der Waals surface area contributed by atoms with Crippen LogP contribution in [-0.2, 0) is 0 Å². The Labute approximate surface area is 109 Å². The van der Waals surface area contributed by atoms with Crippen LogP contribution in [0.15, 0.2) is 42.5 Å². The molecule has 0 aliphatic carbocycles. The zero-order valence-corrected chi connectivity index (χ0v) is 9.81. The smallest absolute Gasteiger partial charge is 0.165 e. The van der Waals surface area contributed by atoms with E-state index in [0.717, 1.165) is 12.1 Å². The largest absolute Gasteiger partial charge is 0.454 e. The highest BCUT2D eigenvalue weighted by atomic mass is 19.1. The third kappa shape index (κ3) is 3.09. The molecular formula is C15H10F2O2. The van der Waals surface area contributed by atoms with Gasteiger partial charge in [0.05, 0.1) is 0 Å². The van der Waals surface area contributed by atoms with Crippen LogP contribution >= 0.6 is 0 Å². The number of hydrogen-bond donors (Lipinski definition) is 1. The van der Waals surface area contributed by atoms with Gasteiger partial charge < -0.3 is 9.84 Å². The first-order valence-corrected chi connectivity index (χ1v) is 5.47. The summed E-state index contributed by atoms with van der Waals surface area (Å²) in [7, 11) is 0. The lowest BCUT2D eigenvalue weighted by Gasteiger charge is -2.10. The summed E-state index contributed by atoms with van der Waals surface area (Å²) in [5.74, 6) is 1.03. The van der Waals surface area contributed by atoms with Gasteiger partial charge >= 0.3 is 0 Å². The molecule has 0 saturated heterocycles. The third-order valence-electron chi connectivity index (χ3n) is 2.45. The highest BCUT2D eigenvalue weighted by molar-refractivity contribution is 5.37. The first-order valence-electron chi connectivity index (χ1n) is 5.47. The molecule has 19 heavy (non-hydrogen) atoms. The van der Waals surface area contributed by atoms with Gasteiger partial charge in [0.25, 0.3) is 0 Å². The van der Waals surface area contributed by atoms with E-state index in [1.807, 2.05) is 0 Å². The minimum atomic E-state index is -1.14. The Bertz CT molecular complexity index is 632. The van der Waals surface area contributed by atoms with Gasteiger partial charge in [0.2, 0.25) is 0 Å². The number of hydrogen-bond acceptors (Lipinski definition) is 2. The lowest BCUT2D eigenvalue weighted by molar-refractivity contribution is 0.238. The molecular weight excluding hydrogens is 250 g/mol. The van der Waals surface area contributed by atoms with E-state index < -0.39 is 17.7 Å². The van der Waals surface area contributed by atoms with Crippen LogP contribution in [-0.4, -0.2) is 5.11 Å². The average molecular weight is 260 g/mol. The van der Waals surface area contributed by atoms with Gasteiger partial charge in [0.1, 0.15) is 17.7 Å². The second kappa shape index (κ2) is 5.51. The number of halogens is 2. The number of terminal acetylenes is 1. The lowest BCUT2D eigenvalue weighted by Crippen LogP contribution is -1.96. The molecule has 0 saturated carbocycles. The number of rotatable bonds is 3. The molecule has 1 atom stereocenters. The Morgan fingerprint density at radius 2 is 1.95 bits per heavy atom. The Morgan fingerprint density at radius 3 is 2.63 bits per heavy atom. The van der Waals surface area contributed by atoms with Crippen LogP contribution in [0.5, 0.6) is 11.5 Å². The van der Waals surface area contributed by atoms with Crippen molar-refractivity contribution in [2.24, 2.45) is 0 Å². The fourth-order valence-corrected chi connectivity index (χ4v) is 1.52. The van der Waals surface area contributed by atoms with Crippen LogP contribution in [0.25, 0.3) is 0 Å². The van der Waals surface area contributed by atoms with Gasteiger partial charge in [-0.3, -0.25) is 0 Å². The molecule has 2 rings (SSSR count). The Kier molecular flexibility index (Phi) is 3.79. The van der Waals surface area contributed by atoms with E-state index in [1.165, 1.54) is 30.3 Å². The summed E-state index contributed by atoms with van der Waals surface area (Å²) in [4.78, 5) is 0. The summed E-state index contributed by atoms with van der Waals surface area (Å²) in [5, 5.41) is 9.48. The van der Waals surface area contributed by atoms with Gasteiger partial charge in [-0.1, -0.05) is 18.1 Å². The molecule has 0 radical (unpaired) electrons. The molecule has 2 aromatic rings. The molecule has 0 amide bonds. The maximum Gasteiger partial charge on any atom is 0.165 e. The van der Waals surface area contributed by atoms with Gasteiger partial charge in [0, 0.05) is 6.07 Å². The van der Waals surface area contributed by atoms with Crippen LogP contribution < -0.4 is 4.74 Å². The first kappa shape index (κ1) is 13.1. The minimum Gasteiger partial charge on any atom is -0.454 e. The summed E-state index contributed by atoms with van der Waals surface area (Å²) in [6.45, 7) is 0. The van der Waals surface area contributed by atoms with Crippen molar-refractivity contribution in [3.63, 3.8) is 0 Å². The molecule has 0 bridgehead atoms. The molecule has 0 heterocycles. The average Bonchev–Trinajstić information content (AvgIpc) is 2.40. The van der Waals surface area contributed by atoms with Crippen molar-refractivity contribution < 1.29 is 18.6 Å². The summed E-state index contributed by atoms with van der Waals surface area (Å²) in [6.07, 6.45) is 3.94. The van der Waals surface area contributed by atoms with Crippen molar-refractivity contribution in [2.45, 2.75) is 6.10 Å². The van der Waals surface area contributed by atoms with Gasteiger partial charge in [-0.25, -0.2) is 8.78 Å². The summed E-state index contributed by atoms with van der Waals surface area (Å²) in [5.41, 5.74) is 0.329.